The molecule has 4 nitrogen and oxygen atoms in total. The van der Waals surface area contributed by atoms with E-state index in [1.165, 1.54) is 12.1 Å². The number of halogens is 1. The summed E-state index contributed by atoms with van der Waals surface area (Å²) in [5.41, 5.74) is 0. The molecule has 0 spiro atoms. The second-order valence-electron chi connectivity index (χ2n) is 4.26. The zero-order valence-electron chi connectivity index (χ0n) is 10.3. The van der Waals surface area contributed by atoms with Gasteiger partial charge in [-0.25, -0.2) is 13.1 Å². The first-order chi connectivity index (χ1) is 8.97. The molecule has 0 bridgehead atoms. The number of rotatable bonds is 5. The van der Waals surface area contributed by atoms with Crippen LogP contribution < -0.4 is 4.72 Å². The van der Waals surface area contributed by atoms with Crippen LogP contribution in [0.25, 0.3) is 0 Å². The van der Waals surface area contributed by atoms with Gasteiger partial charge < -0.3 is 4.42 Å². The fourth-order valence-electron chi connectivity index (χ4n) is 1.74. The molecule has 0 aliphatic heterocycles. The third-order valence-corrected chi connectivity index (χ3v) is 4.37. The van der Waals surface area contributed by atoms with Crippen molar-refractivity contribution in [2.24, 2.45) is 0 Å². The highest BCUT2D eigenvalue weighted by Gasteiger charge is 2.18. The van der Waals surface area contributed by atoms with Crippen molar-refractivity contribution in [3.05, 3.63) is 53.4 Å². The Balaban J connectivity index is 2.09. The zero-order valence-corrected chi connectivity index (χ0v) is 11.9. The molecule has 0 saturated heterocycles. The molecule has 102 valence electrons. The van der Waals surface area contributed by atoms with Crippen molar-refractivity contribution in [2.45, 2.75) is 24.3 Å². The number of benzene rings is 1. The van der Waals surface area contributed by atoms with Gasteiger partial charge in [-0.15, -0.1) is 0 Å². The second kappa shape index (κ2) is 5.77. The van der Waals surface area contributed by atoms with E-state index in [0.717, 1.165) is 5.76 Å². The van der Waals surface area contributed by atoms with Crippen molar-refractivity contribution in [3.8, 4) is 0 Å². The minimum Gasteiger partial charge on any atom is -0.469 e. The Bertz CT molecular complexity index is 638. The molecule has 2 rings (SSSR count). The number of sulfonamides is 1. The van der Waals surface area contributed by atoms with Gasteiger partial charge >= 0.3 is 0 Å². The molecule has 0 fully saturated rings. The molecule has 1 heterocycles. The lowest BCUT2D eigenvalue weighted by molar-refractivity contribution is 0.479. The minimum absolute atomic E-state index is 0.159. The maximum absolute atomic E-state index is 12.1. The fraction of sp³-hybridized carbons (Fsp3) is 0.231. The molecular weight excluding hydrogens is 286 g/mol. The van der Waals surface area contributed by atoms with Crippen molar-refractivity contribution in [2.75, 3.05) is 0 Å². The van der Waals surface area contributed by atoms with Crippen LogP contribution in [0.1, 0.15) is 12.7 Å². The Morgan fingerprint density at radius 1 is 1.32 bits per heavy atom. The van der Waals surface area contributed by atoms with Crippen LogP contribution in [0, 0.1) is 0 Å². The molecule has 1 aromatic heterocycles. The first-order valence-electron chi connectivity index (χ1n) is 5.77. The monoisotopic (exact) mass is 299 g/mol. The Kier molecular flexibility index (Phi) is 4.29. The van der Waals surface area contributed by atoms with Gasteiger partial charge in [0.15, 0.2) is 0 Å². The van der Waals surface area contributed by atoms with E-state index in [4.69, 9.17) is 16.0 Å². The fourth-order valence-corrected chi connectivity index (χ4v) is 3.28. The largest absolute Gasteiger partial charge is 0.469 e. The molecule has 0 radical (unpaired) electrons. The molecule has 1 atom stereocenters. The molecule has 1 aromatic carbocycles. The lowest BCUT2D eigenvalue weighted by Gasteiger charge is -2.13. The van der Waals surface area contributed by atoms with Crippen LogP contribution in [-0.4, -0.2) is 14.5 Å². The Morgan fingerprint density at radius 2 is 2.11 bits per heavy atom. The van der Waals surface area contributed by atoms with Crippen LogP contribution in [-0.2, 0) is 16.4 Å². The molecule has 6 heteroatoms. The summed E-state index contributed by atoms with van der Waals surface area (Å²) in [5, 5.41) is 0.390. The Hall–Kier alpha value is -1.30. The molecule has 0 saturated carbocycles. The van der Waals surface area contributed by atoms with Crippen LogP contribution in [0.5, 0.6) is 0 Å². The lowest BCUT2D eigenvalue weighted by Crippen LogP contribution is -2.34. The average Bonchev–Trinajstić information content (AvgIpc) is 2.81. The highest BCUT2D eigenvalue weighted by Crippen LogP contribution is 2.16. The minimum atomic E-state index is -3.56. The first kappa shape index (κ1) is 14.1. The molecular formula is C13H14ClNO3S. The summed E-state index contributed by atoms with van der Waals surface area (Å²) in [4.78, 5) is 0.159. The van der Waals surface area contributed by atoms with Gasteiger partial charge in [-0.05, 0) is 37.3 Å². The van der Waals surface area contributed by atoms with Gasteiger partial charge in [0.1, 0.15) is 5.76 Å². The van der Waals surface area contributed by atoms with Crippen LogP contribution in [0.4, 0.5) is 0 Å². The number of furan rings is 1. The van der Waals surface area contributed by atoms with Gasteiger partial charge in [-0.2, -0.15) is 0 Å². The molecule has 2 aromatic rings. The van der Waals surface area contributed by atoms with Crippen LogP contribution in [0.2, 0.25) is 5.02 Å². The van der Waals surface area contributed by atoms with Crippen LogP contribution in [0.3, 0.4) is 0 Å². The smallest absolute Gasteiger partial charge is 0.240 e. The topological polar surface area (TPSA) is 59.3 Å². The van der Waals surface area contributed by atoms with Crippen molar-refractivity contribution in [3.63, 3.8) is 0 Å². The second-order valence-corrected chi connectivity index (χ2v) is 6.41. The van der Waals surface area contributed by atoms with Crippen molar-refractivity contribution >= 4 is 21.6 Å². The van der Waals surface area contributed by atoms with E-state index in [1.54, 1.807) is 31.4 Å². The van der Waals surface area contributed by atoms with E-state index in [1.807, 2.05) is 6.07 Å². The maximum atomic E-state index is 12.1. The highest BCUT2D eigenvalue weighted by atomic mass is 35.5. The number of hydrogen-bond donors (Lipinski definition) is 1. The Morgan fingerprint density at radius 3 is 2.74 bits per heavy atom. The Labute approximate surface area is 117 Å². The van der Waals surface area contributed by atoms with Crippen molar-refractivity contribution in [1.82, 2.24) is 4.72 Å². The summed E-state index contributed by atoms with van der Waals surface area (Å²) in [5.74, 6) is 0.737. The van der Waals surface area contributed by atoms with Crippen molar-refractivity contribution < 1.29 is 12.8 Å². The molecule has 0 amide bonds. The van der Waals surface area contributed by atoms with Crippen molar-refractivity contribution in [1.29, 1.82) is 0 Å². The summed E-state index contributed by atoms with van der Waals surface area (Å²) >= 11 is 5.80. The van der Waals surface area contributed by atoms with Gasteiger partial charge in [-0.1, -0.05) is 17.7 Å². The molecule has 0 aliphatic carbocycles. The van der Waals surface area contributed by atoms with E-state index in [2.05, 4.69) is 4.72 Å². The quantitative estimate of drug-likeness (QED) is 0.923. The standard InChI is InChI=1S/C13H14ClNO3S/c1-10(8-12-5-3-7-18-12)15-19(16,17)13-6-2-4-11(14)9-13/h2-7,9-10,15H,8H2,1H3. The third kappa shape index (κ3) is 3.83. The number of nitrogens with one attached hydrogen (secondary N) is 1. The van der Waals surface area contributed by atoms with Gasteiger partial charge in [0.05, 0.1) is 11.2 Å². The van der Waals surface area contributed by atoms with Gasteiger partial charge in [-0.3, -0.25) is 0 Å². The number of hydrogen-bond acceptors (Lipinski definition) is 3. The summed E-state index contributed by atoms with van der Waals surface area (Å²) in [7, 11) is -3.56. The summed E-state index contributed by atoms with van der Waals surface area (Å²) in [6, 6.07) is 9.48. The average molecular weight is 300 g/mol. The highest BCUT2D eigenvalue weighted by molar-refractivity contribution is 7.89. The van der Waals surface area contributed by atoms with E-state index in [0.29, 0.717) is 11.4 Å². The van der Waals surface area contributed by atoms with E-state index in [-0.39, 0.29) is 10.9 Å². The molecule has 1 unspecified atom stereocenters. The lowest BCUT2D eigenvalue weighted by atomic mass is 10.2. The third-order valence-electron chi connectivity index (χ3n) is 2.55. The zero-order chi connectivity index (χ0) is 13.9. The van der Waals surface area contributed by atoms with E-state index in [9.17, 15) is 8.42 Å². The summed E-state index contributed by atoms with van der Waals surface area (Å²) in [6.45, 7) is 1.78. The van der Waals surface area contributed by atoms with E-state index >= 15 is 0 Å². The molecule has 0 aliphatic rings. The predicted molar refractivity (Wildman–Crippen MR) is 73.6 cm³/mol. The van der Waals surface area contributed by atoms with Gasteiger partial charge in [0, 0.05) is 17.5 Å². The summed E-state index contributed by atoms with van der Waals surface area (Å²) < 4.78 is 32.0. The van der Waals surface area contributed by atoms with Crippen LogP contribution in [0.15, 0.2) is 52.0 Å². The predicted octanol–water partition coefficient (Wildman–Crippen LogP) is 2.84. The SMILES string of the molecule is CC(Cc1ccco1)NS(=O)(=O)c1cccc(Cl)c1. The summed E-state index contributed by atoms with van der Waals surface area (Å²) in [6.07, 6.45) is 2.06. The van der Waals surface area contributed by atoms with Gasteiger partial charge in [0.25, 0.3) is 0 Å². The maximum Gasteiger partial charge on any atom is 0.240 e. The van der Waals surface area contributed by atoms with E-state index < -0.39 is 10.0 Å². The normalized spacial score (nSPS) is 13.4. The van der Waals surface area contributed by atoms with Gasteiger partial charge in [0.2, 0.25) is 10.0 Å². The molecule has 19 heavy (non-hydrogen) atoms. The first-order valence-corrected chi connectivity index (χ1v) is 7.64. The molecule has 1 N–H and O–H groups in total. The van der Waals surface area contributed by atoms with Crippen LogP contribution >= 0.6 is 11.6 Å².